The lowest BCUT2D eigenvalue weighted by Crippen LogP contribution is -2.00. The van der Waals surface area contributed by atoms with Crippen LogP contribution in [0.1, 0.15) is 12.0 Å². The summed E-state index contributed by atoms with van der Waals surface area (Å²) < 4.78 is 0. The fourth-order valence-corrected chi connectivity index (χ4v) is 1.66. The Bertz CT molecular complexity index is 434. The molecule has 2 aromatic rings. The Labute approximate surface area is 82.6 Å². The molecule has 74 valence electrons. The second-order valence-corrected chi connectivity index (χ2v) is 3.40. The van der Waals surface area contributed by atoms with Gasteiger partial charge in [0.1, 0.15) is 5.75 Å². The second kappa shape index (κ2) is 3.72. The fraction of sp³-hybridized carbons (Fsp3) is 0.273. The van der Waals surface area contributed by atoms with Crippen molar-refractivity contribution in [2.24, 2.45) is 5.73 Å². The van der Waals surface area contributed by atoms with Gasteiger partial charge in [-0.05, 0) is 37.1 Å². The lowest BCUT2D eigenvalue weighted by atomic mass is 10.1. The third-order valence-corrected chi connectivity index (χ3v) is 2.44. The number of aryl methyl sites for hydroxylation is 1. The van der Waals surface area contributed by atoms with Crippen molar-refractivity contribution in [3.8, 4) is 5.75 Å². The Balaban J connectivity index is 2.40. The van der Waals surface area contributed by atoms with Crippen LogP contribution in [0.25, 0.3) is 10.9 Å². The van der Waals surface area contributed by atoms with Crippen molar-refractivity contribution in [3.05, 3.63) is 30.0 Å². The number of nitrogens with one attached hydrogen (secondary N) is 1. The first-order chi connectivity index (χ1) is 6.83. The van der Waals surface area contributed by atoms with Crippen molar-refractivity contribution < 1.29 is 5.11 Å². The lowest BCUT2D eigenvalue weighted by molar-refractivity contribution is 0.474. The van der Waals surface area contributed by atoms with E-state index < -0.39 is 0 Å². The Morgan fingerprint density at radius 1 is 1.29 bits per heavy atom. The largest absolute Gasteiger partial charge is 0.507 e. The zero-order valence-corrected chi connectivity index (χ0v) is 7.96. The number of nitrogens with two attached hydrogens (primary N) is 1. The van der Waals surface area contributed by atoms with E-state index in [2.05, 4.69) is 4.98 Å². The molecular formula is C11H14N2O. The van der Waals surface area contributed by atoms with Crippen LogP contribution >= 0.6 is 0 Å². The van der Waals surface area contributed by atoms with Crippen molar-refractivity contribution >= 4 is 10.9 Å². The molecule has 4 N–H and O–H groups in total. The van der Waals surface area contributed by atoms with Gasteiger partial charge in [-0.15, -0.1) is 0 Å². The Hall–Kier alpha value is -1.48. The highest BCUT2D eigenvalue weighted by atomic mass is 16.3. The highest BCUT2D eigenvalue weighted by molar-refractivity contribution is 5.86. The summed E-state index contributed by atoms with van der Waals surface area (Å²) in [5.41, 5.74) is 7.38. The molecule has 0 aliphatic heterocycles. The van der Waals surface area contributed by atoms with Gasteiger partial charge in [0.2, 0.25) is 0 Å². The first-order valence-corrected chi connectivity index (χ1v) is 4.81. The maximum Gasteiger partial charge on any atom is 0.128 e. The topological polar surface area (TPSA) is 62.0 Å². The summed E-state index contributed by atoms with van der Waals surface area (Å²) in [6, 6.07) is 5.82. The molecule has 1 heterocycles. The zero-order valence-electron chi connectivity index (χ0n) is 7.96. The Kier molecular flexibility index (Phi) is 2.41. The molecular weight excluding hydrogens is 176 g/mol. The Morgan fingerprint density at radius 2 is 2.14 bits per heavy atom. The summed E-state index contributed by atoms with van der Waals surface area (Å²) in [5, 5.41) is 10.8. The van der Waals surface area contributed by atoms with Gasteiger partial charge in [-0.2, -0.15) is 0 Å². The summed E-state index contributed by atoms with van der Waals surface area (Å²) >= 11 is 0. The predicted molar refractivity (Wildman–Crippen MR) is 57.3 cm³/mol. The van der Waals surface area contributed by atoms with Gasteiger partial charge < -0.3 is 15.8 Å². The highest BCUT2D eigenvalue weighted by Gasteiger charge is 2.05. The zero-order chi connectivity index (χ0) is 9.97. The normalized spacial score (nSPS) is 10.9. The second-order valence-electron chi connectivity index (χ2n) is 3.40. The molecule has 3 nitrogen and oxygen atoms in total. The molecule has 14 heavy (non-hydrogen) atoms. The molecule has 0 amide bonds. The molecule has 2 rings (SSSR count). The molecule has 0 spiro atoms. The van der Waals surface area contributed by atoms with E-state index in [4.69, 9.17) is 5.73 Å². The third-order valence-electron chi connectivity index (χ3n) is 2.44. The summed E-state index contributed by atoms with van der Waals surface area (Å²) in [6.45, 7) is 0.657. The van der Waals surface area contributed by atoms with Gasteiger partial charge in [-0.3, -0.25) is 0 Å². The third kappa shape index (κ3) is 1.46. The first-order valence-electron chi connectivity index (χ1n) is 4.81. The number of fused-ring (bicyclic) bond motifs is 1. The van der Waals surface area contributed by atoms with Gasteiger partial charge in [0.15, 0.2) is 0 Å². The lowest BCUT2D eigenvalue weighted by Gasteiger charge is -2.04. The monoisotopic (exact) mass is 190 g/mol. The van der Waals surface area contributed by atoms with E-state index in [1.807, 2.05) is 24.4 Å². The van der Waals surface area contributed by atoms with Crippen LogP contribution in [0.5, 0.6) is 5.75 Å². The minimum absolute atomic E-state index is 0.386. The molecule has 0 saturated heterocycles. The van der Waals surface area contributed by atoms with E-state index in [0.29, 0.717) is 12.3 Å². The minimum Gasteiger partial charge on any atom is -0.507 e. The number of aromatic hydroxyl groups is 1. The average Bonchev–Trinajstić information content (AvgIpc) is 2.66. The molecule has 0 fully saturated rings. The van der Waals surface area contributed by atoms with Crippen molar-refractivity contribution in [3.63, 3.8) is 0 Å². The number of benzene rings is 1. The van der Waals surface area contributed by atoms with Gasteiger partial charge in [-0.25, -0.2) is 0 Å². The molecule has 0 unspecified atom stereocenters. The standard InChI is InChI=1S/C11H14N2O/c12-6-1-2-8-3-4-10-9(11(8)14)5-7-13-10/h3-5,7,13-14H,1-2,6,12H2. The number of phenols is 1. The quantitative estimate of drug-likeness (QED) is 0.690. The van der Waals surface area contributed by atoms with Crippen LogP contribution in [0.15, 0.2) is 24.4 Å². The van der Waals surface area contributed by atoms with Gasteiger partial charge >= 0.3 is 0 Å². The number of rotatable bonds is 3. The highest BCUT2D eigenvalue weighted by Crippen LogP contribution is 2.28. The van der Waals surface area contributed by atoms with E-state index in [-0.39, 0.29) is 0 Å². The van der Waals surface area contributed by atoms with Crippen LogP contribution in [0.3, 0.4) is 0 Å². The van der Waals surface area contributed by atoms with E-state index in [0.717, 1.165) is 29.3 Å². The van der Waals surface area contributed by atoms with Crippen molar-refractivity contribution in [2.75, 3.05) is 6.54 Å². The van der Waals surface area contributed by atoms with Crippen LogP contribution < -0.4 is 5.73 Å². The van der Waals surface area contributed by atoms with Gasteiger partial charge in [0.25, 0.3) is 0 Å². The van der Waals surface area contributed by atoms with Crippen molar-refractivity contribution in [2.45, 2.75) is 12.8 Å². The molecule has 0 aliphatic rings. The number of hydrogen-bond donors (Lipinski definition) is 3. The maximum absolute atomic E-state index is 9.90. The Morgan fingerprint density at radius 3 is 2.93 bits per heavy atom. The molecule has 0 bridgehead atoms. The van der Waals surface area contributed by atoms with Gasteiger partial charge in [0, 0.05) is 17.1 Å². The molecule has 0 atom stereocenters. The van der Waals surface area contributed by atoms with Crippen LogP contribution in [-0.4, -0.2) is 16.6 Å². The van der Waals surface area contributed by atoms with Crippen molar-refractivity contribution in [1.29, 1.82) is 0 Å². The summed E-state index contributed by atoms with van der Waals surface area (Å²) in [7, 11) is 0. The van der Waals surface area contributed by atoms with E-state index in [9.17, 15) is 5.11 Å². The molecule has 1 aromatic carbocycles. The van der Waals surface area contributed by atoms with Crippen LogP contribution in [0.2, 0.25) is 0 Å². The van der Waals surface area contributed by atoms with Crippen LogP contribution in [0, 0.1) is 0 Å². The smallest absolute Gasteiger partial charge is 0.128 e. The van der Waals surface area contributed by atoms with Crippen molar-refractivity contribution in [1.82, 2.24) is 4.98 Å². The molecule has 0 radical (unpaired) electrons. The predicted octanol–water partition coefficient (Wildman–Crippen LogP) is 1.76. The first kappa shape index (κ1) is 9.09. The number of aromatic nitrogens is 1. The number of H-pyrrole nitrogens is 1. The number of hydrogen-bond acceptors (Lipinski definition) is 2. The van der Waals surface area contributed by atoms with Crippen LogP contribution in [-0.2, 0) is 6.42 Å². The van der Waals surface area contributed by atoms with E-state index in [1.54, 1.807) is 0 Å². The molecule has 1 aromatic heterocycles. The van der Waals surface area contributed by atoms with Gasteiger partial charge in [-0.1, -0.05) is 6.07 Å². The molecule has 0 saturated carbocycles. The fourth-order valence-electron chi connectivity index (χ4n) is 1.66. The van der Waals surface area contributed by atoms with Crippen LogP contribution in [0.4, 0.5) is 0 Å². The molecule has 0 aliphatic carbocycles. The number of phenolic OH excluding ortho intramolecular Hbond substituents is 1. The van der Waals surface area contributed by atoms with Gasteiger partial charge in [0.05, 0.1) is 0 Å². The minimum atomic E-state index is 0.386. The average molecular weight is 190 g/mol. The number of aromatic amines is 1. The maximum atomic E-state index is 9.90. The SMILES string of the molecule is NCCCc1ccc2[nH]ccc2c1O. The van der Waals surface area contributed by atoms with E-state index in [1.165, 1.54) is 0 Å². The summed E-state index contributed by atoms with van der Waals surface area (Å²) in [4.78, 5) is 3.06. The summed E-state index contributed by atoms with van der Waals surface area (Å²) in [5.74, 6) is 0.386. The molecule has 3 heteroatoms. The summed E-state index contributed by atoms with van der Waals surface area (Å²) in [6.07, 6.45) is 3.57. The van der Waals surface area contributed by atoms with E-state index >= 15 is 0 Å².